The SMILES string of the molecule is O=C1CCC(=O)N1C1CC2CCC(C1)N2C(=O)Nc1ccccc1F. The molecule has 7 heteroatoms. The van der Waals surface area contributed by atoms with E-state index in [1.807, 2.05) is 0 Å². The molecule has 3 aliphatic rings. The molecule has 3 aliphatic heterocycles. The molecule has 3 saturated heterocycles. The molecule has 1 aromatic carbocycles. The number of likely N-dealkylation sites (tertiary alicyclic amines) is 1. The fraction of sp³-hybridized carbons (Fsp3) is 0.500. The van der Waals surface area contributed by atoms with Crippen molar-refractivity contribution in [1.82, 2.24) is 9.80 Å². The van der Waals surface area contributed by atoms with Gasteiger partial charge in [-0.1, -0.05) is 12.1 Å². The first kappa shape index (κ1) is 16.1. The predicted molar refractivity (Wildman–Crippen MR) is 88.2 cm³/mol. The first-order valence-corrected chi connectivity index (χ1v) is 8.73. The number of halogens is 1. The van der Waals surface area contributed by atoms with Gasteiger partial charge in [0.05, 0.1) is 5.69 Å². The number of fused-ring (bicyclic) bond motifs is 2. The van der Waals surface area contributed by atoms with Crippen LogP contribution >= 0.6 is 0 Å². The van der Waals surface area contributed by atoms with Gasteiger partial charge in [-0.3, -0.25) is 14.5 Å². The minimum atomic E-state index is -0.466. The lowest BCUT2D eigenvalue weighted by Crippen LogP contribution is -2.54. The molecular formula is C18H20FN3O3. The van der Waals surface area contributed by atoms with Crippen molar-refractivity contribution in [1.29, 1.82) is 0 Å². The third kappa shape index (κ3) is 2.77. The van der Waals surface area contributed by atoms with E-state index < -0.39 is 5.82 Å². The zero-order valence-corrected chi connectivity index (χ0v) is 13.8. The summed E-state index contributed by atoms with van der Waals surface area (Å²) in [5.74, 6) is -0.663. The molecular weight excluding hydrogens is 325 g/mol. The minimum absolute atomic E-state index is 0.0169. The number of piperidine rings is 1. The van der Waals surface area contributed by atoms with Gasteiger partial charge in [-0.25, -0.2) is 9.18 Å². The lowest BCUT2D eigenvalue weighted by molar-refractivity contribution is -0.142. The normalized spacial score (nSPS) is 28.6. The maximum atomic E-state index is 13.8. The van der Waals surface area contributed by atoms with Crippen molar-refractivity contribution in [3.63, 3.8) is 0 Å². The first-order valence-electron chi connectivity index (χ1n) is 8.73. The highest BCUT2D eigenvalue weighted by molar-refractivity contribution is 6.02. The largest absolute Gasteiger partial charge is 0.322 e. The van der Waals surface area contributed by atoms with Crippen molar-refractivity contribution in [3.8, 4) is 0 Å². The number of benzene rings is 1. The van der Waals surface area contributed by atoms with E-state index in [1.165, 1.54) is 17.0 Å². The molecule has 0 aliphatic carbocycles. The molecule has 0 spiro atoms. The summed E-state index contributed by atoms with van der Waals surface area (Å²) in [6.45, 7) is 0. The Labute approximate surface area is 145 Å². The fourth-order valence-corrected chi connectivity index (χ4v) is 4.43. The zero-order valence-electron chi connectivity index (χ0n) is 13.8. The van der Waals surface area contributed by atoms with E-state index in [1.54, 1.807) is 17.0 Å². The maximum absolute atomic E-state index is 13.8. The fourth-order valence-electron chi connectivity index (χ4n) is 4.43. The van der Waals surface area contributed by atoms with E-state index in [0.717, 1.165) is 12.8 Å². The lowest BCUT2D eigenvalue weighted by atomic mass is 9.96. The highest BCUT2D eigenvalue weighted by Gasteiger charge is 2.47. The summed E-state index contributed by atoms with van der Waals surface area (Å²) in [7, 11) is 0. The Kier molecular flexibility index (Phi) is 3.94. The van der Waals surface area contributed by atoms with Gasteiger partial charge in [-0.15, -0.1) is 0 Å². The van der Waals surface area contributed by atoms with Crippen molar-refractivity contribution in [2.24, 2.45) is 0 Å². The third-order valence-electron chi connectivity index (χ3n) is 5.51. The van der Waals surface area contributed by atoms with E-state index >= 15 is 0 Å². The zero-order chi connectivity index (χ0) is 17.6. The van der Waals surface area contributed by atoms with Gasteiger partial charge < -0.3 is 10.2 Å². The molecule has 0 aromatic heterocycles. The number of nitrogens with zero attached hydrogens (tertiary/aromatic N) is 2. The van der Waals surface area contributed by atoms with Gasteiger partial charge in [0.1, 0.15) is 5.82 Å². The van der Waals surface area contributed by atoms with Crippen molar-refractivity contribution in [2.45, 2.75) is 56.7 Å². The summed E-state index contributed by atoms with van der Waals surface area (Å²) in [6, 6.07) is 5.62. The van der Waals surface area contributed by atoms with Crippen molar-refractivity contribution >= 4 is 23.5 Å². The number of para-hydroxylation sites is 1. The number of imide groups is 1. The van der Waals surface area contributed by atoms with E-state index in [9.17, 15) is 18.8 Å². The Hall–Kier alpha value is -2.44. The molecule has 132 valence electrons. The molecule has 2 atom stereocenters. The number of amides is 4. The maximum Gasteiger partial charge on any atom is 0.322 e. The lowest BCUT2D eigenvalue weighted by Gasteiger charge is -2.41. The van der Waals surface area contributed by atoms with Gasteiger partial charge in [-0.05, 0) is 37.8 Å². The van der Waals surface area contributed by atoms with Gasteiger partial charge in [0.25, 0.3) is 0 Å². The van der Waals surface area contributed by atoms with Crippen LogP contribution in [-0.2, 0) is 9.59 Å². The summed E-state index contributed by atoms with van der Waals surface area (Å²) in [6.07, 6.45) is 3.51. The van der Waals surface area contributed by atoms with Crippen LogP contribution in [0.1, 0.15) is 38.5 Å². The second kappa shape index (κ2) is 6.13. The van der Waals surface area contributed by atoms with Crippen LogP contribution in [0.15, 0.2) is 24.3 Å². The number of carbonyl (C=O) groups excluding carboxylic acids is 3. The summed E-state index contributed by atoms with van der Waals surface area (Å²) >= 11 is 0. The first-order chi connectivity index (χ1) is 12.0. The molecule has 1 N–H and O–H groups in total. The Morgan fingerprint density at radius 1 is 1.00 bits per heavy atom. The number of nitrogens with one attached hydrogen (secondary N) is 1. The second-order valence-corrected chi connectivity index (χ2v) is 6.98. The van der Waals surface area contributed by atoms with Gasteiger partial charge in [0, 0.05) is 31.0 Å². The molecule has 6 nitrogen and oxygen atoms in total. The molecule has 0 radical (unpaired) electrons. The van der Waals surface area contributed by atoms with E-state index in [2.05, 4.69) is 5.32 Å². The molecule has 25 heavy (non-hydrogen) atoms. The van der Waals surface area contributed by atoms with Crippen molar-refractivity contribution in [2.75, 3.05) is 5.32 Å². The van der Waals surface area contributed by atoms with Crippen LogP contribution in [0.25, 0.3) is 0 Å². The van der Waals surface area contributed by atoms with E-state index in [-0.39, 0.29) is 41.7 Å². The minimum Gasteiger partial charge on any atom is -0.318 e. The van der Waals surface area contributed by atoms with Gasteiger partial charge >= 0.3 is 6.03 Å². The molecule has 4 rings (SSSR count). The molecule has 3 heterocycles. The third-order valence-corrected chi connectivity index (χ3v) is 5.51. The van der Waals surface area contributed by atoms with Crippen LogP contribution < -0.4 is 5.32 Å². The van der Waals surface area contributed by atoms with Gasteiger partial charge in [0.15, 0.2) is 0 Å². The topological polar surface area (TPSA) is 69.7 Å². The number of rotatable bonds is 2. The Morgan fingerprint density at radius 3 is 2.20 bits per heavy atom. The van der Waals surface area contributed by atoms with Gasteiger partial charge in [0.2, 0.25) is 11.8 Å². The van der Waals surface area contributed by atoms with Crippen LogP contribution in [-0.4, -0.2) is 45.8 Å². The number of carbonyl (C=O) groups is 3. The van der Waals surface area contributed by atoms with Crippen LogP contribution in [0.5, 0.6) is 0 Å². The van der Waals surface area contributed by atoms with Crippen molar-refractivity contribution < 1.29 is 18.8 Å². The average molecular weight is 345 g/mol. The number of hydrogen-bond donors (Lipinski definition) is 1. The predicted octanol–water partition coefficient (Wildman–Crippen LogP) is 2.50. The standard InChI is InChI=1S/C18H20FN3O3/c19-14-3-1-2-4-15(14)20-18(25)21-11-5-6-12(21)10-13(9-11)22-16(23)7-8-17(22)24/h1-4,11-13H,5-10H2,(H,20,25). The van der Waals surface area contributed by atoms with Crippen LogP contribution in [0.4, 0.5) is 14.9 Å². The summed E-state index contributed by atoms with van der Waals surface area (Å²) in [4.78, 5) is 39.8. The van der Waals surface area contributed by atoms with Crippen LogP contribution in [0, 0.1) is 5.82 Å². The Morgan fingerprint density at radius 2 is 1.60 bits per heavy atom. The summed E-state index contributed by atoms with van der Waals surface area (Å²) in [5.41, 5.74) is 0.166. The quantitative estimate of drug-likeness (QED) is 0.837. The van der Waals surface area contributed by atoms with E-state index in [4.69, 9.17) is 0 Å². The number of hydrogen-bond acceptors (Lipinski definition) is 3. The summed E-state index contributed by atoms with van der Waals surface area (Å²) < 4.78 is 13.8. The smallest absolute Gasteiger partial charge is 0.318 e. The molecule has 0 saturated carbocycles. The Balaban J connectivity index is 1.47. The molecule has 1 aromatic rings. The monoisotopic (exact) mass is 345 g/mol. The Bertz CT molecular complexity index is 708. The van der Waals surface area contributed by atoms with Crippen molar-refractivity contribution in [3.05, 3.63) is 30.1 Å². The molecule has 2 unspecified atom stereocenters. The van der Waals surface area contributed by atoms with Gasteiger partial charge in [-0.2, -0.15) is 0 Å². The number of urea groups is 1. The summed E-state index contributed by atoms with van der Waals surface area (Å²) in [5, 5.41) is 2.65. The number of anilines is 1. The highest BCUT2D eigenvalue weighted by atomic mass is 19.1. The van der Waals surface area contributed by atoms with E-state index in [0.29, 0.717) is 25.7 Å². The van der Waals surface area contributed by atoms with Crippen LogP contribution in [0.3, 0.4) is 0 Å². The molecule has 3 fully saturated rings. The average Bonchev–Trinajstić information content (AvgIpc) is 3.06. The highest BCUT2D eigenvalue weighted by Crippen LogP contribution is 2.39. The van der Waals surface area contributed by atoms with Crippen LogP contribution in [0.2, 0.25) is 0 Å². The molecule has 4 amide bonds. The second-order valence-electron chi connectivity index (χ2n) is 6.98. The molecule has 2 bridgehead atoms.